The van der Waals surface area contributed by atoms with E-state index in [9.17, 15) is 9.59 Å². The number of esters is 1. The molecule has 98 valence electrons. The second-order valence-electron chi connectivity index (χ2n) is 5.46. The van der Waals surface area contributed by atoms with Gasteiger partial charge in [-0.1, -0.05) is 0 Å². The van der Waals surface area contributed by atoms with Crippen LogP contribution in [-0.2, 0) is 24.1 Å². The van der Waals surface area contributed by atoms with Crippen LogP contribution in [0, 0.1) is 0 Å². The minimum atomic E-state index is -0.759. The normalized spacial score (nSPS) is 12.6. The van der Waals surface area contributed by atoms with Crippen LogP contribution in [0.2, 0.25) is 0 Å². The molecular formula is C12H20O5. The van der Waals surface area contributed by atoms with E-state index in [-0.39, 0.29) is 0 Å². The van der Waals surface area contributed by atoms with E-state index in [2.05, 4.69) is 4.89 Å². The molecule has 0 fully saturated rings. The molecule has 0 aliphatic heterocycles. The van der Waals surface area contributed by atoms with Crippen molar-refractivity contribution in [2.24, 2.45) is 0 Å². The molecule has 0 aromatic heterocycles. The average Bonchev–Trinajstić information content (AvgIpc) is 2.07. The van der Waals surface area contributed by atoms with Gasteiger partial charge in [0.1, 0.15) is 11.2 Å². The van der Waals surface area contributed by atoms with Crippen molar-refractivity contribution in [1.29, 1.82) is 0 Å². The Bertz CT molecular complexity index is 304. The molecule has 0 aromatic rings. The molecule has 5 nitrogen and oxygen atoms in total. The maximum absolute atomic E-state index is 11.2. The summed E-state index contributed by atoms with van der Waals surface area (Å²) in [4.78, 5) is 31.5. The first-order valence-corrected chi connectivity index (χ1v) is 5.30. The summed E-state index contributed by atoms with van der Waals surface area (Å²) in [7, 11) is 0. The molecule has 0 N–H and O–H groups in total. The fourth-order valence-corrected chi connectivity index (χ4v) is 0.666. The minimum Gasteiger partial charge on any atom is -0.457 e. The van der Waals surface area contributed by atoms with Crippen LogP contribution >= 0.6 is 0 Å². The molecule has 0 aromatic carbocycles. The number of carbonyl (C=O) groups excluding carboxylic acids is 2. The SMILES string of the molecule is CC(C)(C)OOC(=O)/C=C/C(=O)OC(C)(C)C. The third kappa shape index (κ3) is 10.9. The van der Waals surface area contributed by atoms with E-state index >= 15 is 0 Å². The van der Waals surface area contributed by atoms with Gasteiger partial charge in [-0.3, -0.25) is 4.89 Å². The predicted octanol–water partition coefficient (Wildman–Crippen LogP) is 2.16. The van der Waals surface area contributed by atoms with Gasteiger partial charge in [0.25, 0.3) is 0 Å². The smallest absolute Gasteiger partial charge is 0.366 e. The molecule has 0 saturated heterocycles. The molecule has 5 heteroatoms. The predicted molar refractivity (Wildman–Crippen MR) is 61.9 cm³/mol. The first kappa shape index (κ1) is 15.6. The third-order valence-corrected chi connectivity index (χ3v) is 1.14. The van der Waals surface area contributed by atoms with Crippen LogP contribution in [0.3, 0.4) is 0 Å². The summed E-state index contributed by atoms with van der Waals surface area (Å²) < 4.78 is 4.96. The van der Waals surface area contributed by atoms with Crippen molar-refractivity contribution < 1.29 is 24.1 Å². The fraction of sp³-hybridized carbons (Fsp3) is 0.667. The maximum atomic E-state index is 11.2. The molecular weight excluding hydrogens is 224 g/mol. The second kappa shape index (κ2) is 5.82. The number of hydrogen-bond donors (Lipinski definition) is 0. The van der Waals surface area contributed by atoms with Gasteiger partial charge in [-0.15, -0.1) is 0 Å². The Kier molecular flexibility index (Phi) is 5.35. The number of carbonyl (C=O) groups is 2. The minimum absolute atomic E-state index is 0.588. The summed E-state index contributed by atoms with van der Waals surface area (Å²) in [5.41, 5.74) is -1.18. The Morgan fingerprint density at radius 3 is 1.71 bits per heavy atom. The zero-order chi connectivity index (χ0) is 13.7. The van der Waals surface area contributed by atoms with Crippen LogP contribution in [-0.4, -0.2) is 23.1 Å². The van der Waals surface area contributed by atoms with Crippen molar-refractivity contribution in [3.05, 3.63) is 12.2 Å². The van der Waals surface area contributed by atoms with Crippen molar-refractivity contribution in [3.63, 3.8) is 0 Å². The Morgan fingerprint density at radius 2 is 1.29 bits per heavy atom. The first-order chi connectivity index (χ1) is 7.49. The summed E-state index contributed by atoms with van der Waals surface area (Å²) in [6.07, 6.45) is 1.96. The third-order valence-electron chi connectivity index (χ3n) is 1.14. The van der Waals surface area contributed by atoms with Crippen molar-refractivity contribution in [2.45, 2.75) is 52.7 Å². The molecule has 17 heavy (non-hydrogen) atoms. The van der Waals surface area contributed by atoms with Gasteiger partial charge in [-0.25, -0.2) is 9.59 Å². The van der Waals surface area contributed by atoms with Gasteiger partial charge in [0, 0.05) is 12.2 Å². The number of ether oxygens (including phenoxy) is 1. The summed E-state index contributed by atoms with van der Waals surface area (Å²) in [6, 6.07) is 0. The molecule has 0 unspecified atom stereocenters. The van der Waals surface area contributed by atoms with Crippen molar-refractivity contribution >= 4 is 11.9 Å². The monoisotopic (exact) mass is 244 g/mol. The Hall–Kier alpha value is -1.36. The second-order valence-corrected chi connectivity index (χ2v) is 5.46. The Balaban J connectivity index is 4.08. The van der Waals surface area contributed by atoms with Gasteiger partial charge in [0.15, 0.2) is 0 Å². The van der Waals surface area contributed by atoms with Gasteiger partial charge >= 0.3 is 11.9 Å². The van der Waals surface area contributed by atoms with Gasteiger partial charge in [-0.2, -0.15) is 4.89 Å². The topological polar surface area (TPSA) is 61.8 Å². The van der Waals surface area contributed by atoms with Crippen LogP contribution in [0.1, 0.15) is 41.5 Å². The lowest BCUT2D eigenvalue weighted by atomic mass is 10.2. The van der Waals surface area contributed by atoms with Crippen LogP contribution < -0.4 is 0 Å². The van der Waals surface area contributed by atoms with Gasteiger partial charge < -0.3 is 4.74 Å². The summed E-state index contributed by atoms with van der Waals surface area (Å²) >= 11 is 0. The van der Waals surface area contributed by atoms with Crippen molar-refractivity contribution in [2.75, 3.05) is 0 Å². The summed E-state index contributed by atoms with van der Waals surface area (Å²) in [5.74, 6) is -1.36. The number of hydrogen-bond acceptors (Lipinski definition) is 5. The highest BCUT2D eigenvalue weighted by Crippen LogP contribution is 2.08. The van der Waals surface area contributed by atoms with Crippen LogP contribution in [0.25, 0.3) is 0 Å². The molecule has 0 atom stereocenters. The van der Waals surface area contributed by atoms with Gasteiger partial charge in [-0.05, 0) is 41.5 Å². The highest BCUT2D eigenvalue weighted by atomic mass is 17.2. The van der Waals surface area contributed by atoms with Crippen molar-refractivity contribution in [1.82, 2.24) is 0 Å². The highest BCUT2D eigenvalue weighted by molar-refractivity contribution is 5.91. The summed E-state index contributed by atoms with van der Waals surface area (Å²) in [5, 5.41) is 0. The van der Waals surface area contributed by atoms with E-state index in [1.165, 1.54) is 0 Å². The van der Waals surface area contributed by atoms with E-state index in [0.29, 0.717) is 0 Å². The molecule has 0 bridgehead atoms. The number of rotatable bonds is 3. The fourth-order valence-electron chi connectivity index (χ4n) is 0.666. The molecule has 0 rings (SSSR count). The highest BCUT2D eigenvalue weighted by Gasteiger charge is 2.16. The van der Waals surface area contributed by atoms with Crippen LogP contribution in [0.4, 0.5) is 0 Å². The van der Waals surface area contributed by atoms with Crippen LogP contribution in [0.5, 0.6) is 0 Å². The van der Waals surface area contributed by atoms with E-state index in [4.69, 9.17) is 9.62 Å². The van der Waals surface area contributed by atoms with Crippen molar-refractivity contribution in [3.8, 4) is 0 Å². The van der Waals surface area contributed by atoms with E-state index in [1.54, 1.807) is 41.5 Å². The molecule has 0 aliphatic carbocycles. The largest absolute Gasteiger partial charge is 0.457 e. The Labute approximate surface area is 102 Å². The van der Waals surface area contributed by atoms with E-state index in [1.807, 2.05) is 0 Å². The standard InChI is InChI=1S/C12H20O5/c1-11(2,3)15-9(13)7-8-10(14)16-17-12(4,5)6/h7-8H,1-6H3/b8-7+. The van der Waals surface area contributed by atoms with Gasteiger partial charge in [0.05, 0.1) is 0 Å². The molecule has 0 saturated carbocycles. The lowest BCUT2D eigenvalue weighted by Gasteiger charge is -2.18. The van der Waals surface area contributed by atoms with E-state index in [0.717, 1.165) is 12.2 Å². The lowest BCUT2D eigenvalue weighted by Crippen LogP contribution is -2.23. The molecule has 0 amide bonds. The molecule has 0 heterocycles. The molecule has 0 radical (unpaired) electrons. The van der Waals surface area contributed by atoms with Gasteiger partial charge in [0.2, 0.25) is 0 Å². The Morgan fingerprint density at radius 1 is 0.824 bits per heavy atom. The quantitative estimate of drug-likeness (QED) is 0.329. The average molecular weight is 244 g/mol. The summed E-state index contributed by atoms with van der Waals surface area (Å²) in [6.45, 7) is 10.4. The maximum Gasteiger partial charge on any atom is 0.366 e. The first-order valence-electron chi connectivity index (χ1n) is 5.30. The molecule has 0 spiro atoms. The van der Waals surface area contributed by atoms with Crippen LogP contribution in [0.15, 0.2) is 12.2 Å². The zero-order valence-corrected chi connectivity index (χ0v) is 11.2. The molecule has 0 aliphatic rings. The lowest BCUT2D eigenvalue weighted by molar-refractivity contribution is -0.316. The van der Waals surface area contributed by atoms with E-state index < -0.39 is 23.1 Å². The zero-order valence-electron chi connectivity index (χ0n) is 11.2.